The zero-order valence-electron chi connectivity index (χ0n) is 6.81. The van der Waals surface area contributed by atoms with Gasteiger partial charge in [-0.2, -0.15) is 0 Å². The second kappa shape index (κ2) is 5.27. The molecule has 0 saturated heterocycles. The van der Waals surface area contributed by atoms with Crippen molar-refractivity contribution in [3.05, 3.63) is 6.92 Å². The van der Waals surface area contributed by atoms with E-state index in [0.717, 1.165) is 19.3 Å². The SMILES string of the molecule is [CH2][C@@H](CCCC)NC(C)=O. The molecule has 1 atom stereocenters. The molecule has 0 bridgehead atoms. The Morgan fingerprint density at radius 3 is 2.70 bits per heavy atom. The van der Waals surface area contributed by atoms with Gasteiger partial charge in [0.05, 0.1) is 0 Å². The molecule has 1 amide bonds. The first-order valence-corrected chi connectivity index (χ1v) is 3.77. The summed E-state index contributed by atoms with van der Waals surface area (Å²) in [4.78, 5) is 10.5. The first-order valence-electron chi connectivity index (χ1n) is 3.77. The zero-order valence-corrected chi connectivity index (χ0v) is 6.81. The molecule has 0 aliphatic heterocycles. The van der Waals surface area contributed by atoms with Crippen LogP contribution in [0.3, 0.4) is 0 Å². The molecule has 10 heavy (non-hydrogen) atoms. The molecule has 2 nitrogen and oxygen atoms in total. The van der Waals surface area contributed by atoms with Crippen LogP contribution in [0.5, 0.6) is 0 Å². The van der Waals surface area contributed by atoms with Crippen LogP contribution in [-0.2, 0) is 4.79 Å². The lowest BCUT2D eigenvalue weighted by Crippen LogP contribution is -2.30. The van der Waals surface area contributed by atoms with Crippen LogP contribution in [0.25, 0.3) is 0 Å². The van der Waals surface area contributed by atoms with Crippen molar-refractivity contribution >= 4 is 5.91 Å². The third-order valence-electron chi connectivity index (χ3n) is 1.31. The summed E-state index contributed by atoms with van der Waals surface area (Å²) in [5.41, 5.74) is 0. The zero-order chi connectivity index (χ0) is 7.98. The maximum atomic E-state index is 10.5. The van der Waals surface area contributed by atoms with Gasteiger partial charge in [-0.15, -0.1) is 0 Å². The second-order valence-electron chi connectivity index (χ2n) is 2.54. The first kappa shape index (κ1) is 9.47. The van der Waals surface area contributed by atoms with E-state index >= 15 is 0 Å². The summed E-state index contributed by atoms with van der Waals surface area (Å²) in [6.07, 6.45) is 3.27. The molecule has 1 N–H and O–H groups in total. The molecule has 0 rings (SSSR count). The summed E-state index contributed by atoms with van der Waals surface area (Å²) < 4.78 is 0. The highest BCUT2D eigenvalue weighted by molar-refractivity contribution is 5.73. The monoisotopic (exact) mass is 142 g/mol. The number of carbonyl (C=O) groups excluding carboxylic acids is 1. The lowest BCUT2D eigenvalue weighted by atomic mass is 10.1. The number of unbranched alkanes of at least 4 members (excludes halogenated alkanes) is 1. The van der Waals surface area contributed by atoms with Crippen LogP contribution in [0.15, 0.2) is 0 Å². The molecule has 1 radical (unpaired) electrons. The predicted octanol–water partition coefficient (Wildman–Crippen LogP) is 1.52. The van der Waals surface area contributed by atoms with Crippen molar-refractivity contribution in [1.29, 1.82) is 0 Å². The topological polar surface area (TPSA) is 29.1 Å². The molecule has 0 heterocycles. The predicted molar refractivity (Wildman–Crippen MR) is 42.5 cm³/mol. The summed E-state index contributed by atoms with van der Waals surface area (Å²) in [6, 6.07) is 0.0949. The molecular weight excluding hydrogens is 126 g/mol. The molecule has 0 spiro atoms. The molecule has 0 unspecified atom stereocenters. The summed E-state index contributed by atoms with van der Waals surface area (Å²) >= 11 is 0. The van der Waals surface area contributed by atoms with E-state index in [1.807, 2.05) is 0 Å². The Hall–Kier alpha value is -0.530. The van der Waals surface area contributed by atoms with Crippen molar-refractivity contribution in [2.45, 2.75) is 39.2 Å². The Morgan fingerprint density at radius 1 is 1.70 bits per heavy atom. The van der Waals surface area contributed by atoms with Crippen molar-refractivity contribution in [3.8, 4) is 0 Å². The number of nitrogens with one attached hydrogen (secondary N) is 1. The van der Waals surface area contributed by atoms with Crippen LogP contribution < -0.4 is 5.32 Å². The number of amides is 1. The number of hydrogen-bond acceptors (Lipinski definition) is 1. The quantitative estimate of drug-likeness (QED) is 0.633. The second-order valence-corrected chi connectivity index (χ2v) is 2.54. The molecule has 59 valence electrons. The van der Waals surface area contributed by atoms with Gasteiger partial charge in [-0.25, -0.2) is 0 Å². The lowest BCUT2D eigenvalue weighted by molar-refractivity contribution is -0.119. The van der Waals surface area contributed by atoms with Crippen LogP contribution in [0.4, 0.5) is 0 Å². The summed E-state index contributed by atoms with van der Waals surface area (Å²) in [7, 11) is 0. The van der Waals surface area contributed by atoms with E-state index in [2.05, 4.69) is 19.2 Å². The van der Waals surface area contributed by atoms with Gasteiger partial charge in [-0.05, 0) is 13.3 Å². The van der Waals surface area contributed by atoms with E-state index in [1.165, 1.54) is 6.92 Å². The van der Waals surface area contributed by atoms with Crippen molar-refractivity contribution in [2.75, 3.05) is 0 Å². The normalized spacial score (nSPS) is 12.7. The largest absolute Gasteiger partial charge is 0.354 e. The van der Waals surface area contributed by atoms with Crippen molar-refractivity contribution < 1.29 is 4.79 Å². The lowest BCUT2D eigenvalue weighted by Gasteiger charge is -2.10. The summed E-state index contributed by atoms with van der Waals surface area (Å²) in [6.45, 7) is 7.43. The maximum Gasteiger partial charge on any atom is 0.217 e. The van der Waals surface area contributed by atoms with Gasteiger partial charge in [-0.3, -0.25) is 4.79 Å². The van der Waals surface area contributed by atoms with Gasteiger partial charge in [0.25, 0.3) is 0 Å². The number of hydrogen-bond donors (Lipinski definition) is 1. The van der Waals surface area contributed by atoms with Crippen LogP contribution in [0.2, 0.25) is 0 Å². The molecule has 0 aromatic heterocycles. The Morgan fingerprint density at radius 2 is 2.30 bits per heavy atom. The van der Waals surface area contributed by atoms with Crippen molar-refractivity contribution in [1.82, 2.24) is 5.32 Å². The van der Waals surface area contributed by atoms with Gasteiger partial charge >= 0.3 is 0 Å². The average Bonchev–Trinajstić information content (AvgIpc) is 1.82. The van der Waals surface area contributed by atoms with Crippen molar-refractivity contribution in [3.63, 3.8) is 0 Å². The van der Waals surface area contributed by atoms with Crippen LogP contribution in [-0.4, -0.2) is 11.9 Å². The molecule has 0 fully saturated rings. The Labute approximate surface area is 63.0 Å². The molecule has 0 aromatic rings. The molecule has 0 saturated carbocycles. The van der Waals surface area contributed by atoms with Gasteiger partial charge in [0.15, 0.2) is 0 Å². The Kier molecular flexibility index (Phi) is 4.99. The number of carbonyl (C=O) groups is 1. The van der Waals surface area contributed by atoms with Crippen LogP contribution in [0.1, 0.15) is 33.1 Å². The maximum absolute atomic E-state index is 10.5. The highest BCUT2D eigenvalue weighted by atomic mass is 16.1. The molecular formula is C8H16NO. The minimum absolute atomic E-state index is 0.0103. The van der Waals surface area contributed by atoms with E-state index < -0.39 is 0 Å². The minimum atomic E-state index is 0.0103. The fourth-order valence-electron chi connectivity index (χ4n) is 0.810. The van der Waals surface area contributed by atoms with Gasteiger partial charge in [0.1, 0.15) is 0 Å². The van der Waals surface area contributed by atoms with Crippen LogP contribution in [0, 0.1) is 6.92 Å². The van der Waals surface area contributed by atoms with Crippen LogP contribution >= 0.6 is 0 Å². The van der Waals surface area contributed by atoms with E-state index in [4.69, 9.17) is 0 Å². The highest BCUT2D eigenvalue weighted by Gasteiger charge is 2.00. The fraction of sp³-hybridized carbons (Fsp3) is 0.750. The summed E-state index contributed by atoms with van der Waals surface area (Å²) in [5, 5.41) is 2.73. The Bertz CT molecular complexity index is 101. The summed E-state index contributed by atoms with van der Waals surface area (Å²) in [5.74, 6) is 0.0103. The molecule has 2 heteroatoms. The third kappa shape index (κ3) is 5.60. The third-order valence-corrected chi connectivity index (χ3v) is 1.31. The first-order chi connectivity index (χ1) is 4.66. The molecule has 0 aromatic carbocycles. The molecule has 0 aliphatic rings. The van der Waals surface area contributed by atoms with Gasteiger partial charge in [-0.1, -0.05) is 19.8 Å². The van der Waals surface area contributed by atoms with Gasteiger partial charge < -0.3 is 5.32 Å². The van der Waals surface area contributed by atoms with Crippen molar-refractivity contribution in [2.24, 2.45) is 0 Å². The fourth-order valence-corrected chi connectivity index (χ4v) is 0.810. The minimum Gasteiger partial charge on any atom is -0.354 e. The van der Waals surface area contributed by atoms with E-state index in [9.17, 15) is 4.79 Å². The van der Waals surface area contributed by atoms with E-state index in [0.29, 0.717) is 0 Å². The van der Waals surface area contributed by atoms with E-state index in [1.54, 1.807) is 0 Å². The average molecular weight is 142 g/mol. The van der Waals surface area contributed by atoms with Gasteiger partial charge in [0.2, 0.25) is 5.91 Å². The number of rotatable bonds is 4. The van der Waals surface area contributed by atoms with E-state index in [-0.39, 0.29) is 11.9 Å². The Balaban J connectivity index is 3.25. The molecule has 0 aliphatic carbocycles. The van der Waals surface area contributed by atoms with Gasteiger partial charge in [0, 0.05) is 13.0 Å². The smallest absolute Gasteiger partial charge is 0.217 e. The highest BCUT2D eigenvalue weighted by Crippen LogP contribution is 1.98. The standard InChI is InChI=1S/C8H16NO/c1-4-5-6-7(2)9-8(3)10/h7H,2,4-6H2,1,3H3,(H,9,10)/t7-/m0/s1.